The van der Waals surface area contributed by atoms with Gasteiger partial charge in [0.1, 0.15) is 24.1 Å². The molecule has 0 N–H and O–H groups in total. The van der Waals surface area contributed by atoms with Crippen LogP contribution in [0.2, 0.25) is 157 Å². The van der Waals surface area contributed by atoms with Crippen LogP contribution in [0.1, 0.15) is 11.9 Å². The first-order valence-electron chi connectivity index (χ1n) is 30.4. The number of fused-ring (bicyclic) bond motifs is 1. The Morgan fingerprint density at radius 3 is 0.940 bits per heavy atom. The van der Waals surface area contributed by atoms with E-state index in [0.717, 1.165) is 5.56 Å². The third kappa shape index (κ3) is 16.4. The molecule has 2 aliphatic heterocycles. The number of rotatable bonds is 19. The molecule has 0 aromatic heterocycles. The van der Waals surface area contributed by atoms with Crippen LogP contribution in [0.4, 0.5) is 0 Å². The summed E-state index contributed by atoms with van der Waals surface area (Å²) >= 11 is 0. The van der Waals surface area contributed by atoms with Gasteiger partial charge in [-0.15, -0.1) is 0 Å². The molecule has 1 unspecified atom stereocenters. The van der Waals surface area contributed by atoms with Gasteiger partial charge in [0.05, 0.1) is 87.5 Å². The van der Waals surface area contributed by atoms with Gasteiger partial charge in [0.2, 0.25) is 6.29 Å². The number of hydrogen-bond acceptors (Lipinski definition) is 6. The average molecular weight is 1290 g/mol. The largest absolute Gasteiger partial charge is 0.462 e. The van der Waals surface area contributed by atoms with Crippen LogP contribution >= 0.6 is 16.3 Å². The van der Waals surface area contributed by atoms with Crippen molar-refractivity contribution in [2.75, 3.05) is 6.61 Å². The Labute approximate surface area is 513 Å². The molecule has 448 valence electrons. The summed E-state index contributed by atoms with van der Waals surface area (Å²) in [4.78, 5) is 0. The lowest BCUT2D eigenvalue weighted by molar-refractivity contribution is -0.342. The van der Waals surface area contributed by atoms with Crippen molar-refractivity contribution >= 4 is 144 Å². The zero-order valence-electron chi connectivity index (χ0n) is 55.2. The van der Waals surface area contributed by atoms with Crippen molar-refractivity contribution in [1.82, 2.24) is 0 Å². The molecule has 0 saturated carbocycles. The van der Waals surface area contributed by atoms with Crippen LogP contribution in [0.25, 0.3) is 0 Å². The first-order chi connectivity index (χ1) is 38.1. The van der Waals surface area contributed by atoms with E-state index in [1.54, 1.807) is 0 Å². The molecule has 6 nitrogen and oxygen atoms in total. The molecular formula is C67H102O6P2Si8. The van der Waals surface area contributed by atoms with Gasteiger partial charge in [-0.3, -0.25) is 0 Å². The van der Waals surface area contributed by atoms with E-state index in [-0.39, 0.29) is 0 Å². The van der Waals surface area contributed by atoms with Gasteiger partial charge in [-0.2, -0.15) is 0 Å². The molecule has 6 aromatic rings. The van der Waals surface area contributed by atoms with E-state index in [9.17, 15) is 0 Å². The van der Waals surface area contributed by atoms with Gasteiger partial charge in [-0.1, -0.05) is 320 Å². The summed E-state index contributed by atoms with van der Waals surface area (Å²) in [7, 11) is -18.1. The fraction of sp³-hybridized carbons (Fsp3) is 0.463. The number of benzene rings is 6. The molecule has 8 rings (SSSR count). The van der Waals surface area contributed by atoms with Crippen molar-refractivity contribution in [1.29, 1.82) is 0 Å². The van der Waals surface area contributed by atoms with Gasteiger partial charge in [-0.05, 0) is 12.1 Å². The molecule has 2 aliphatic rings. The highest BCUT2D eigenvalue weighted by Gasteiger charge is 2.55. The molecule has 0 radical (unpaired) electrons. The minimum absolute atomic E-state index is 0.295. The van der Waals surface area contributed by atoms with E-state index in [1.807, 2.05) is 30.3 Å². The zero-order valence-corrected chi connectivity index (χ0v) is 65.0. The monoisotopic (exact) mass is 1290 g/mol. The zero-order chi connectivity index (χ0) is 61.2. The molecule has 0 amide bonds. The first kappa shape index (κ1) is 66.5. The normalized spacial score (nSPS) is 20.7. The maximum atomic E-state index is 8.55. The Morgan fingerprint density at radius 2 is 0.639 bits per heavy atom. The third-order valence-corrected chi connectivity index (χ3v) is 36.3. The lowest BCUT2D eigenvalue weighted by Crippen LogP contribution is -2.64. The summed E-state index contributed by atoms with van der Waals surface area (Å²) in [6, 6.07) is 51.2. The molecule has 16 heteroatoms. The second kappa shape index (κ2) is 24.8. The first-order valence-corrected chi connectivity index (χ1v) is 60.9. The summed E-state index contributed by atoms with van der Waals surface area (Å²) < 4.78 is 46.0. The van der Waals surface area contributed by atoms with Crippen LogP contribution in [0.5, 0.6) is 5.75 Å². The van der Waals surface area contributed by atoms with Crippen molar-refractivity contribution in [3.63, 3.8) is 0 Å². The van der Waals surface area contributed by atoms with Crippen LogP contribution in [-0.2, 0) is 23.3 Å². The van der Waals surface area contributed by atoms with Crippen LogP contribution < -0.4 is 67.4 Å². The molecule has 6 atom stereocenters. The van der Waals surface area contributed by atoms with Crippen molar-refractivity contribution in [2.45, 2.75) is 194 Å². The predicted molar refractivity (Wildman–Crippen MR) is 387 cm³/mol. The van der Waals surface area contributed by atoms with E-state index >= 15 is 0 Å². The van der Waals surface area contributed by atoms with Crippen LogP contribution in [0.3, 0.4) is 0 Å². The topological polar surface area (TPSA) is 55.4 Å². The quantitative estimate of drug-likeness (QED) is 0.0595. The summed E-state index contributed by atoms with van der Waals surface area (Å²) in [5, 5.41) is 16.7. The second-order valence-corrected chi connectivity index (χ2v) is 76.2. The fourth-order valence-electron chi connectivity index (χ4n) is 10.4. The lowest BCUT2D eigenvalue weighted by atomic mass is 9.98. The van der Waals surface area contributed by atoms with Crippen LogP contribution in [0.15, 0.2) is 133 Å². The Kier molecular flexibility index (Phi) is 19.9. The van der Waals surface area contributed by atoms with Crippen molar-refractivity contribution in [2.24, 2.45) is 0 Å². The standard InChI is InChI=1S/C67H102O6P2Si8/c1-76(2,3)54-35-50(36-55(43-54)77(4,5)6)74(51-37-56(78(7,8)9)44-57(38-51)79(10,11)12)72-64-63-62(47-68-66(71-63)48-31-27-25-28-32-48)70-67(69-49-33-29-26-30-34-49)65(64)73-75(52-39-58(80(13,14)15)45-59(40-52)81(16,17)18)53-41-60(82(19,20)21)46-61(42-53)83(22,23)24/h25-46,62-67H,47H2,1-24H3/t62-,63-,64+,65-,66?,67-/m1/s1. The minimum Gasteiger partial charge on any atom is -0.462 e. The maximum absolute atomic E-state index is 8.55. The van der Waals surface area contributed by atoms with Crippen LogP contribution in [-0.4, -0.2) is 102 Å². The van der Waals surface area contributed by atoms with E-state index in [1.165, 1.54) is 62.7 Å². The number of para-hydroxylation sites is 1. The molecule has 2 heterocycles. The SMILES string of the molecule is C[Si](C)(C)c1cc(P(O[C@@H]2[C@@H](OP(c3cc([Si](C)(C)C)cc([Si](C)(C)C)c3)c3cc([Si](C)(C)C)cc([Si](C)(C)C)c3)[C@H](Oc3ccccc3)O[C@@H]3COC(c4ccccc4)O[C@@H]23)c2cc([Si](C)(C)C)cc([Si](C)(C)C)c2)cc([Si](C)(C)C)c1. The fourth-order valence-corrected chi connectivity index (χ4v) is 25.5. The molecule has 0 spiro atoms. The van der Waals surface area contributed by atoms with E-state index < -0.39 is 118 Å². The van der Waals surface area contributed by atoms with Crippen LogP contribution in [0, 0.1) is 0 Å². The highest BCUT2D eigenvalue weighted by molar-refractivity contribution is 7.69. The van der Waals surface area contributed by atoms with Gasteiger partial charge in [0, 0.05) is 26.8 Å². The van der Waals surface area contributed by atoms with Gasteiger partial charge >= 0.3 is 0 Å². The Balaban J connectivity index is 1.49. The highest BCUT2D eigenvalue weighted by Crippen LogP contribution is 2.48. The van der Waals surface area contributed by atoms with Crippen molar-refractivity contribution in [3.05, 3.63) is 139 Å². The number of ether oxygens (including phenoxy) is 4. The summed E-state index contributed by atoms with van der Waals surface area (Å²) in [5.41, 5.74) is 0.962. The van der Waals surface area contributed by atoms with E-state index in [0.29, 0.717) is 12.4 Å². The lowest BCUT2D eigenvalue weighted by Gasteiger charge is -2.50. The molecule has 6 aromatic carbocycles. The van der Waals surface area contributed by atoms with Crippen molar-refractivity contribution in [3.8, 4) is 5.75 Å². The maximum Gasteiger partial charge on any atom is 0.229 e. The van der Waals surface area contributed by atoms with Gasteiger partial charge in [0.25, 0.3) is 0 Å². The predicted octanol–water partition coefficient (Wildman–Crippen LogP) is 12.1. The highest BCUT2D eigenvalue weighted by atomic mass is 31.1. The van der Waals surface area contributed by atoms with Crippen molar-refractivity contribution < 1.29 is 28.0 Å². The molecule has 2 saturated heterocycles. The Bertz CT molecular complexity index is 2940. The molecule has 83 heavy (non-hydrogen) atoms. The average Bonchev–Trinajstić information content (AvgIpc) is 3.58. The molecule has 0 bridgehead atoms. The summed E-state index contributed by atoms with van der Waals surface area (Å²) in [6.07, 6.45) is -4.12. The van der Waals surface area contributed by atoms with Gasteiger partial charge < -0.3 is 28.0 Å². The smallest absolute Gasteiger partial charge is 0.229 e. The second-order valence-electron chi connectivity index (χ2n) is 32.0. The summed E-state index contributed by atoms with van der Waals surface area (Å²) in [6.45, 7) is 60.1. The Morgan fingerprint density at radius 1 is 0.349 bits per heavy atom. The minimum atomic E-state index is -1.87. The van der Waals surface area contributed by atoms with Gasteiger partial charge in [-0.25, -0.2) is 0 Å². The molecular weight excluding hydrogens is 1190 g/mol. The van der Waals surface area contributed by atoms with E-state index in [2.05, 4.69) is 260 Å². The third-order valence-electron chi connectivity index (χ3n) is 16.3. The molecule has 2 fully saturated rings. The van der Waals surface area contributed by atoms with E-state index in [4.69, 9.17) is 28.0 Å². The van der Waals surface area contributed by atoms with Gasteiger partial charge in [0.15, 0.2) is 12.4 Å². The molecule has 0 aliphatic carbocycles. The Hall–Kier alpha value is -2.48. The summed E-state index contributed by atoms with van der Waals surface area (Å²) in [5.74, 6) is 0.712. The number of hydrogen-bond donors (Lipinski definition) is 0.